The highest BCUT2D eigenvalue weighted by molar-refractivity contribution is 9.10. The number of benzene rings is 1. The van der Waals surface area contributed by atoms with Gasteiger partial charge in [-0.05, 0) is 36.0 Å². The van der Waals surface area contributed by atoms with Crippen molar-refractivity contribution >= 4 is 15.9 Å². The molecule has 0 radical (unpaired) electrons. The molecule has 2 heteroatoms. The van der Waals surface area contributed by atoms with Crippen LogP contribution in [-0.2, 0) is 5.54 Å². The maximum Gasteiger partial charge on any atom is 0.0445 e. The van der Waals surface area contributed by atoms with E-state index in [1.165, 1.54) is 37.7 Å². The molecule has 2 N–H and O–H groups in total. The number of nitrogens with two attached hydrogens (primary N) is 1. The highest BCUT2D eigenvalue weighted by Gasteiger charge is 2.55. The Balaban J connectivity index is 1.80. The second-order valence-electron chi connectivity index (χ2n) is 5.41. The summed E-state index contributed by atoms with van der Waals surface area (Å²) < 4.78 is 1.15. The molecule has 0 spiro atoms. The maximum atomic E-state index is 6.54. The van der Waals surface area contributed by atoms with Gasteiger partial charge >= 0.3 is 0 Å². The van der Waals surface area contributed by atoms with E-state index in [9.17, 15) is 0 Å². The molecular formula is C14H18BrN. The second kappa shape index (κ2) is 3.85. The average molecular weight is 280 g/mol. The van der Waals surface area contributed by atoms with Gasteiger partial charge in [0.05, 0.1) is 0 Å². The van der Waals surface area contributed by atoms with E-state index in [0.717, 1.165) is 16.3 Å². The zero-order chi connectivity index (χ0) is 11.2. The Hall–Kier alpha value is -0.340. The van der Waals surface area contributed by atoms with E-state index in [0.29, 0.717) is 0 Å². The normalized spacial score (nSPS) is 34.2. The predicted octanol–water partition coefficient (Wildman–Crippen LogP) is 3.81. The monoisotopic (exact) mass is 279 g/mol. The smallest absolute Gasteiger partial charge is 0.0445 e. The highest BCUT2D eigenvalue weighted by atomic mass is 79.9. The van der Waals surface area contributed by atoms with Crippen molar-refractivity contribution in [1.29, 1.82) is 0 Å². The SMILES string of the molecule is NC1(c2cccc(Br)c2)CC1C1CCCC1. The summed E-state index contributed by atoms with van der Waals surface area (Å²) in [5.74, 6) is 1.63. The number of hydrogen-bond donors (Lipinski definition) is 1. The molecule has 2 unspecified atom stereocenters. The van der Waals surface area contributed by atoms with Crippen LogP contribution in [0, 0.1) is 11.8 Å². The molecule has 0 aromatic heterocycles. The van der Waals surface area contributed by atoms with Gasteiger partial charge < -0.3 is 5.73 Å². The maximum absolute atomic E-state index is 6.54. The Kier molecular flexibility index (Phi) is 2.60. The van der Waals surface area contributed by atoms with Crippen LogP contribution in [0.4, 0.5) is 0 Å². The van der Waals surface area contributed by atoms with Gasteiger partial charge in [0.25, 0.3) is 0 Å². The quantitative estimate of drug-likeness (QED) is 0.875. The minimum absolute atomic E-state index is 0.0151. The van der Waals surface area contributed by atoms with Crippen LogP contribution in [0.2, 0.25) is 0 Å². The van der Waals surface area contributed by atoms with Gasteiger partial charge in [-0.25, -0.2) is 0 Å². The molecule has 0 bridgehead atoms. The molecule has 2 atom stereocenters. The van der Waals surface area contributed by atoms with E-state index in [1.54, 1.807) is 0 Å². The number of rotatable bonds is 2. The summed E-state index contributed by atoms with van der Waals surface area (Å²) in [5.41, 5.74) is 7.84. The number of hydrogen-bond acceptors (Lipinski definition) is 1. The first kappa shape index (κ1) is 10.8. The van der Waals surface area contributed by atoms with Crippen LogP contribution < -0.4 is 5.73 Å². The summed E-state index contributed by atoms with van der Waals surface area (Å²) in [6, 6.07) is 8.53. The molecule has 2 aliphatic rings. The van der Waals surface area contributed by atoms with Crippen LogP contribution in [0.3, 0.4) is 0 Å². The summed E-state index contributed by atoms with van der Waals surface area (Å²) in [4.78, 5) is 0. The van der Waals surface area contributed by atoms with Crippen molar-refractivity contribution in [1.82, 2.24) is 0 Å². The van der Waals surface area contributed by atoms with Crippen LogP contribution in [0.5, 0.6) is 0 Å². The van der Waals surface area contributed by atoms with E-state index in [1.807, 2.05) is 0 Å². The molecule has 1 aromatic carbocycles. The Bertz CT molecular complexity index is 397. The van der Waals surface area contributed by atoms with Crippen LogP contribution in [0.25, 0.3) is 0 Å². The van der Waals surface area contributed by atoms with Crippen molar-refractivity contribution in [3.05, 3.63) is 34.3 Å². The largest absolute Gasteiger partial charge is 0.321 e. The van der Waals surface area contributed by atoms with Gasteiger partial charge in [-0.3, -0.25) is 0 Å². The lowest BCUT2D eigenvalue weighted by Gasteiger charge is -2.16. The molecule has 2 fully saturated rings. The molecule has 1 aromatic rings. The fourth-order valence-electron chi connectivity index (χ4n) is 3.36. The van der Waals surface area contributed by atoms with Crippen molar-refractivity contribution in [3.63, 3.8) is 0 Å². The molecule has 16 heavy (non-hydrogen) atoms. The molecule has 3 rings (SSSR count). The molecule has 0 saturated heterocycles. The molecule has 0 aliphatic heterocycles. The van der Waals surface area contributed by atoms with E-state index in [-0.39, 0.29) is 5.54 Å². The minimum atomic E-state index is -0.0151. The third-order valence-electron chi connectivity index (χ3n) is 4.39. The molecule has 2 saturated carbocycles. The second-order valence-corrected chi connectivity index (χ2v) is 6.32. The van der Waals surface area contributed by atoms with Gasteiger partial charge in [0.15, 0.2) is 0 Å². The highest BCUT2D eigenvalue weighted by Crippen LogP contribution is 2.57. The van der Waals surface area contributed by atoms with Crippen LogP contribution in [0.1, 0.15) is 37.7 Å². The van der Waals surface area contributed by atoms with Crippen LogP contribution in [-0.4, -0.2) is 0 Å². The Morgan fingerprint density at radius 2 is 2.00 bits per heavy atom. The van der Waals surface area contributed by atoms with Gasteiger partial charge in [-0.1, -0.05) is 53.7 Å². The Labute approximate surface area is 106 Å². The summed E-state index contributed by atoms with van der Waals surface area (Å²) in [6.45, 7) is 0. The molecule has 0 amide bonds. The fourth-order valence-corrected chi connectivity index (χ4v) is 3.76. The van der Waals surface area contributed by atoms with Crippen molar-refractivity contribution in [3.8, 4) is 0 Å². The Morgan fingerprint density at radius 3 is 2.69 bits per heavy atom. The van der Waals surface area contributed by atoms with Gasteiger partial charge in [0.2, 0.25) is 0 Å². The third-order valence-corrected chi connectivity index (χ3v) is 4.88. The first-order valence-electron chi connectivity index (χ1n) is 6.25. The summed E-state index contributed by atoms with van der Waals surface area (Å²) in [5, 5.41) is 0. The zero-order valence-electron chi connectivity index (χ0n) is 9.45. The fraction of sp³-hybridized carbons (Fsp3) is 0.571. The average Bonchev–Trinajstić information content (AvgIpc) is 2.76. The van der Waals surface area contributed by atoms with E-state index in [4.69, 9.17) is 5.73 Å². The minimum Gasteiger partial charge on any atom is -0.321 e. The molecule has 0 heterocycles. The van der Waals surface area contributed by atoms with Crippen molar-refractivity contribution < 1.29 is 0 Å². The van der Waals surface area contributed by atoms with Gasteiger partial charge in [0, 0.05) is 10.0 Å². The van der Waals surface area contributed by atoms with E-state index >= 15 is 0 Å². The first-order chi connectivity index (χ1) is 7.70. The Morgan fingerprint density at radius 1 is 1.25 bits per heavy atom. The van der Waals surface area contributed by atoms with Gasteiger partial charge in [-0.2, -0.15) is 0 Å². The molecule has 2 aliphatic carbocycles. The van der Waals surface area contributed by atoms with Gasteiger partial charge in [-0.15, -0.1) is 0 Å². The van der Waals surface area contributed by atoms with Crippen LogP contribution >= 0.6 is 15.9 Å². The molecular weight excluding hydrogens is 262 g/mol. The predicted molar refractivity (Wildman–Crippen MR) is 70.1 cm³/mol. The lowest BCUT2D eigenvalue weighted by Crippen LogP contribution is -2.24. The first-order valence-corrected chi connectivity index (χ1v) is 7.04. The van der Waals surface area contributed by atoms with E-state index < -0.39 is 0 Å². The standard InChI is InChI=1S/C14H18BrN/c15-12-7-3-6-11(8-12)14(16)9-13(14)10-4-1-2-5-10/h3,6-8,10,13H,1-2,4-5,9,16H2. The summed E-state index contributed by atoms with van der Waals surface area (Å²) in [7, 11) is 0. The van der Waals surface area contributed by atoms with Crippen LogP contribution in [0.15, 0.2) is 28.7 Å². The zero-order valence-corrected chi connectivity index (χ0v) is 11.0. The molecule has 1 nitrogen and oxygen atoms in total. The van der Waals surface area contributed by atoms with Crippen molar-refractivity contribution in [2.45, 2.75) is 37.6 Å². The summed E-state index contributed by atoms with van der Waals surface area (Å²) in [6.07, 6.45) is 6.81. The molecule has 86 valence electrons. The van der Waals surface area contributed by atoms with Crippen molar-refractivity contribution in [2.75, 3.05) is 0 Å². The van der Waals surface area contributed by atoms with E-state index in [2.05, 4.69) is 40.2 Å². The third kappa shape index (κ3) is 1.72. The lowest BCUT2D eigenvalue weighted by atomic mass is 9.94. The lowest BCUT2D eigenvalue weighted by molar-refractivity contribution is 0.428. The van der Waals surface area contributed by atoms with Crippen molar-refractivity contribution in [2.24, 2.45) is 17.6 Å². The summed E-state index contributed by atoms with van der Waals surface area (Å²) >= 11 is 3.53. The topological polar surface area (TPSA) is 26.0 Å². The number of halogens is 1. The van der Waals surface area contributed by atoms with Gasteiger partial charge in [0.1, 0.15) is 0 Å².